The number of rotatable bonds is 3. The lowest BCUT2D eigenvalue weighted by Gasteiger charge is -2.29. The number of urea groups is 1. The van der Waals surface area contributed by atoms with Crippen LogP contribution in [0.15, 0.2) is 30.3 Å². The van der Waals surface area contributed by atoms with E-state index >= 15 is 0 Å². The summed E-state index contributed by atoms with van der Waals surface area (Å²) in [6.45, 7) is 5.25. The highest BCUT2D eigenvalue weighted by molar-refractivity contribution is 7.59. The van der Waals surface area contributed by atoms with Crippen molar-refractivity contribution in [2.24, 2.45) is 0 Å². The van der Waals surface area contributed by atoms with E-state index < -0.39 is 18.7 Å². The number of para-hydroxylation sites is 1. The van der Waals surface area contributed by atoms with Gasteiger partial charge < -0.3 is 9.84 Å². The number of nitrogens with one attached hydrogen (secondary N) is 2. The van der Waals surface area contributed by atoms with Crippen LogP contribution >= 0.6 is 7.52 Å². The fourth-order valence-corrected chi connectivity index (χ4v) is 2.60. The molecule has 0 saturated carbocycles. The van der Waals surface area contributed by atoms with Gasteiger partial charge in [0.05, 0.1) is 5.16 Å². The van der Waals surface area contributed by atoms with Crippen LogP contribution in [0.2, 0.25) is 0 Å². The molecular formula is C12H19N2O3P. The molecule has 0 saturated heterocycles. The standard InChI is InChI=1S/C12H19N2O3P/c1-12(2,3)18(16,17-4)14-11(15)13-10-8-6-5-7-9-10/h5-9H,1-4H3,(H2,13,14,15,16). The summed E-state index contributed by atoms with van der Waals surface area (Å²) in [5.74, 6) is 0. The highest BCUT2D eigenvalue weighted by Crippen LogP contribution is 2.54. The van der Waals surface area contributed by atoms with Crippen LogP contribution < -0.4 is 10.4 Å². The van der Waals surface area contributed by atoms with Crippen molar-refractivity contribution in [2.45, 2.75) is 25.9 Å². The van der Waals surface area contributed by atoms with E-state index in [-0.39, 0.29) is 0 Å². The summed E-state index contributed by atoms with van der Waals surface area (Å²) in [6, 6.07) is 8.40. The maximum absolute atomic E-state index is 12.4. The van der Waals surface area contributed by atoms with Gasteiger partial charge in [-0.2, -0.15) is 0 Å². The number of amides is 2. The molecule has 0 radical (unpaired) electrons. The highest BCUT2D eigenvalue weighted by atomic mass is 31.2. The average molecular weight is 270 g/mol. The van der Waals surface area contributed by atoms with Gasteiger partial charge in [0.15, 0.2) is 0 Å². The zero-order valence-electron chi connectivity index (χ0n) is 11.1. The van der Waals surface area contributed by atoms with Gasteiger partial charge in [-0.25, -0.2) is 4.79 Å². The Bertz CT molecular complexity index is 454. The van der Waals surface area contributed by atoms with Crippen molar-refractivity contribution < 1.29 is 13.9 Å². The summed E-state index contributed by atoms with van der Waals surface area (Å²) in [7, 11) is -1.91. The lowest BCUT2D eigenvalue weighted by Crippen LogP contribution is -2.33. The summed E-state index contributed by atoms with van der Waals surface area (Å²) in [6.07, 6.45) is 0. The first-order valence-corrected chi connectivity index (χ1v) is 7.21. The summed E-state index contributed by atoms with van der Waals surface area (Å²) in [4.78, 5) is 11.8. The minimum Gasteiger partial charge on any atom is -0.316 e. The Hall–Kier alpha value is -1.32. The molecule has 0 bridgehead atoms. The van der Waals surface area contributed by atoms with E-state index in [1.54, 1.807) is 45.0 Å². The minimum atomic E-state index is -3.24. The van der Waals surface area contributed by atoms with Crippen molar-refractivity contribution in [1.29, 1.82) is 0 Å². The number of carbonyl (C=O) groups excluding carboxylic acids is 1. The molecule has 5 nitrogen and oxygen atoms in total. The first kappa shape index (κ1) is 14.7. The van der Waals surface area contributed by atoms with Crippen LogP contribution in [0.25, 0.3) is 0 Å². The third-order valence-electron chi connectivity index (χ3n) is 2.42. The van der Waals surface area contributed by atoms with Crippen molar-refractivity contribution >= 4 is 19.2 Å². The van der Waals surface area contributed by atoms with Crippen LogP contribution in [0.1, 0.15) is 20.8 Å². The molecule has 18 heavy (non-hydrogen) atoms. The number of hydrogen-bond donors (Lipinski definition) is 2. The van der Waals surface area contributed by atoms with Gasteiger partial charge in [-0.1, -0.05) is 18.2 Å². The van der Waals surface area contributed by atoms with Crippen LogP contribution in [0.5, 0.6) is 0 Å². The quantitative estimate of drug-likeness (QED) is 0.827. The third kappa shape index (κ3) is 3.59. The van der Waals surface area contributed by atoms with Gasteiger partial charge in [0.25, 0.3) is 0 Å². The Balaban J connectivity index is 2.73. The molecule has 1 aromatic rings. The molecule has 2 amide bonds. The van der Waals surface area contributed by atoms with Crippen molar-refractivity contribution in [3.63, 3.8) is 0 Å². The maximum atomic E-state index is 12.4. The zero-order chi connectivity index (χ0) is 13.8. The molecule has 2 N–H and O–H groups in total. The molecule has 1 atom stereocenters. The lowest BCUT2D eigenvalue weighted by atomic mass is 10.3. The topological polar surface area (TPSA) is 67.4 Å². The van der Waals surface area contributed by atoms with Gasteiger partial charge in [-0.05, 0) is 32.9 Å². The smallest absolute Gasteiger partial charge is 0.316 e. The molecule has 0 aliphatic rings. The molecule has 1 aromatic carbocycles. The molecule has 0 heterocycles. The predicted molar refractivity (Wildman–Crippen MR) is 73.0 cm³/mol. The molecule has 0 aliphatic carbocycles. The molecule has 1 unspecified atom stereocenters. The Kier molecular flexibility index (Phi) is 4.54. The van der Waals surface area contributed by atoms with Gasteiger partial charge in [-0.3, -0.25) is 9.65 Å². The van der Waals surface area contributed by atoms with E-state index in [2.05, 4.69) is 10.4 Å². The first-order chi connectivity index (χ1) is 8.28. The molecule has 6 heteroatoms. The van der Waals surface area contributed by atoms with Crippen LogP contribution in [0.3, 0.4) is 0 Å². The average Bonchev–Trinajstić information content (AvgIpc) is 2.28. The second-order valence-corrected chi connectivity index (χ2v) is 7.87. The van der Waals surface area contributed by atoms with Crippen molar-refractivity contribution in [3.8, 4) is 0 Å². The summed E-state index contributed by atoms with van der Waals surface area (Å²) >= 11 is 0. The summed E-state index contributed by atoms with van der Waals surface area (Å²) in [5.41, 5.74) is 0.631. The Morgan fingerprint density at radius 1 is 1.22 bits per heavy atom. The second-order valence-electron chi connectivity index (χ2n) is 4.84. The number of hydrogen-bond acceptors (Lipinski definition) is 3. The lowest BCUT2D eigenvalue weighted by molar-refractivity contribution is 0.254. The zero-order valence-corrected chi connectivity index (χ0v) is 12.0. The molecular weight excluding hydrogens is 251 g/mol. The van der Waals surface area contributed by atoms with Crippen LogP contribution in [-0.2, 0) is 9.09 Å². The van der Waals surface area contributed by atoms with Crippen LogP contribution in [0, 0.1) is 0 Å². The number of anilines is 1. The molecule has 0 fully saturated rings. The Morgan fingerprint density at radius 2 is 1.78 bits per heavy atom. The van der Waals surface area contributed by atoms with E-state index in [0.29, 0.717) is 5.69 Å². The van der Waals surface area contributed by atoms with E-state index in [1.807, 2.05) is 6.07 Å². The SMILES string of the molecule is COP(=O)(NC(=O)Nc1ccccc1)C(C)(C)C. The van der Waals surface area contributed by atoms with Gasteiger partial charge in [0.2, 0.25) is 0 Å². The number of carbonyl (C=O) groups is 1. The van der Waals surface area contributed by atoms with Crippen LogP contribution in [0.4, 0.5) is 10.5 Å². The monoisotopic (exact) mass is 270 g/mol. The summed E-state index contributed by atoms with van der Waals surface area (Å²) < 4.78 is 17.4. The van der Waals surface area contributed by atoms with E-state index in [4.69, 9.17) is 4.52 Å². The van der Waals surface area contributed by atoms with Crippen LogP contribution in [-0.4, -0.2) is 18.3 Å². The largest absolute Gasteiger partial charge is 0.326 e. The van der Waals surface area contributed by atoms with E-state index in [1.165, 1.54) is 7.11 Å². The maximum Gasteiger partial charge on any atom is 0.326 e. The second kappa shape index (κ2) is 5.55. The minimum absolute atomic E-state index is 0.540. The molecule has 0 aliphatic heterocycles. The van der Waals surface area contributed by atoms with Gasteiger partial charge >= 0.3 is 13.6 Å². The summed E-state index contributed by atoms with van der Waals surface area (Å²) in [5, 5.41) is 4.36. The fraction of sp³-hybridized carbons (Fsp3) is 0.417. The predicted octanol–water partition coefficient (Wildman–Crippen LogP) is 3.45. The molecule has 1 rings (SSSR count). The van der Waals surface area contributed by atoms with Crippen molar-refractivity contribution in [1.82, 2.24) is 5.09 Å². The fourth-order valence-electron chi connectivity index (χ4n) is 1.30. The Labute approximate surface area is 107 Å². The van der Waals surface area contributed by atoms with E-state index in [0.717, 1.165) is 0 Å². The van der Waals surface area contributed by atoms with Crippen molar-refractivity contribution in [2.75, 3.05) is 12.4 Å². The first-order valence-electron chi connectivity index (χ1n) is 5.59. The number of benzene rings is 1. The molecule has 0 aromatic heterocycles. The normalized spacial score (nSPS) is 14.7. The van der Waals surface area contributed by atoms with Crippen molar-refractivity contribution in [3.05, 3.63) is 30.3 Å². The molecule has 100 valence electrons. The van der Waals surface area contributed by atoms with E-state index in [9.17, 15) is 9.36 Å². The van der Waals surface area contributed by atoms with Gasteiger partial charge in [0, 0.05) is 12.8 Å². The third-order valence-corrected chi connectivity index (χ3v) is 5.20. The van der Waals surface area contributed by atoms with Gasteiger partial charge in [0.1, 0.15) is 0 Å². The molecule has 0 spiro atoms. The van der Waals surface area contributed by atoms with Gasteiger partial charge in [-0.15, -0.1) is 0 Å². The Morgan fingerprint density at radius 3 is 2.22 bits per heavy atom. The highest BCUT2D eigenvalue weighted by Gasteiger charge is 2.38.